The van der Waals surface area contributed by atoms with Gasteiger partial charge >= 0.3 is 0 Å². The van der Waals surface area contributed by atoms with Crippen LogP contribution in [0.1, 0.15) is 52.9 Å². The van der Waals surface area contributed by atoms with Crippen molar-refractivity contribution >= 4 is 0 Å². The van der Waals surface area contributed by atoms with Crippen LogP contribution >= 0.6 is 0 Å². The number of hydrogen-bond donors (Lipinski definition) is 1. The lowest BCUT2D eigenvalue weighted by Gasteiger charge is -2.42. The average Bonchev–Trinajstić information content (AvgIpc) is 2.46. The van der Waals surface area contributed by atoms with Crippen LogP contribution in [0.4, 0.5) is 0 Å². The van der Waals surface area contributed by atoms with Crippen LogP contribution in [-0.2, 0) is 0 Å². The molecule has 0 aromatic rings. The van der Waals surface area contributed by atoms with Gasteiger partial charge in [-0.05, 0) is 63.8 Å². The molecular weight excluding hydrogens is 246 g/mol. The minimum Gasteiger partial charge on any atom is -0.316 e. The predicted octanol–water partition coefficient (Wildman–Crippen LogP) is 2.57. The van der Waals surface area contributed by atoms with Crippen molar-refractivity contribution in [2.75, 3.05) is 45.8 Å². The van der Waals surface area contributed by atoms with Gasteiger partial charge in [0.2, 0.25) is 0 Å². The van der Waals surface area contributed by atoms with E-state index in [1.54, 1.807) is 0 Å². The molecule has 0 aromatic heterocycles. The highest BCUT2D eigenvalue weighted by molar-refractivity contribution is 4.84. The topological polar surface area (TPSA) is 18.5 Å². The second-order valence-corrected chi connectivity index (χ2v) is 7.55. The number of likely N-dealkylation sites (tertiary alicyclic amines) is 2. The molecule has 0 bridgehead atoms. The summed E-state index contributed by atoms with van der Waals surface area (Å²) in [6, 6.07) is 0.878. The SMILES string of the molecule is CCNCC(C)(C)CN1CCC(N2CCCCC2)CC1. The molecule has 1 N–H and O–H groups in total. The Morgan fingerprint density at radius 1 is 1.00 bits per heavy atom. The second-order valence-electron chi connectivity index (χ2n) is 7.55. The van der Waals surface area contributed by atoms with Gasteiger partial charge in [-0.2, -0.15) is 0 Å². The first kappa shape index (κ1) is 16.3. The van der Waals surface area contributed by atoms with Gasteiger partial charge in [0.1, 0.15) is 0 Å². The Morgan fingerprint density at radius 2 is 1.65 bits per heavy atom. The van der Waals surface area contributed by atoms with Gasteiger partial charge in [0.05, 0.1) is 0 Å². The summed E-state index contributed by atoms with van der Waals surface area (Å²) in [6.07, 6.45) is 7.08. The summed E-state index contributed by atoms with van der Waals surface area (Å²) >= 11 is 0. The molecule has 3 nitrogen and oxygen atoms in total. The van der Waals surface area contributed by atoms with Crippen LogP contribution < -0.4 is 5.32 Å². The Hall–Kier alpha value is -0.120. The molecule has 0 atom stereocenters. The van der Waals surface area contributed by atoms with E-state index in [0.717, 1.165) is 19.1 Å². The number of rotatable bonds is 6. The maximum Gasteiger partial charge on any atom is 0.0120 e. The minimum absolute atomic E-state index is 0.397. The molecule has 2 heterocycles. The zero-order valence-electron chi connectivity index (χ0n) is 14.0. The van der Waals surface area contributed by atoms with E-state index in [1.165, 1.54) is 64.8 Å². The third-order valence-electron chi connectivity index (χ3n) is 4.97. The number of piperidine rings is 2. The lowest BCUT2D eigenvalue weighted by molar-refractivity contribution is 0.0740. The summed E-state index contributed by atoms with van der Waals surface area (Å²) in [6.45, 7) is 15.8. The van der Waals surface area contributed by atoms with Crippen molar-refractivity contribution in [3.8, 4) is 0 Å². The predicted molar refractivity (Wildman–Crippen MR) is 87.2 cm³/mol. The molecule has 2 rings (SSSR count). The third kappa shape index (κ3) is 5.01. The zero-order valence-corrected chi connectivity index (χ0v) is 14.0. The van der Waals surface area contributed by atoms with E-state index in [1.807, 2.05) is 0 Å². The lowest BCUT2D eigenvalue weighted by atomic mass is 9.91. The average molecular weight is 281 g/mol. The van der Waals surface area contributed by atoms with E-state index in [2.05, 4.69) is 35.9 Å². The number of nitrogens with one attached hydrogen (secondary N) is 1. The van der Waals surface area contributed by atoms with E-state index >= 15 is 0 Å². The molecule has 20 heavy (non-hydrogen) atoms. The van der Waals surface area contributed by atoms with Crippen LogP contribution in [0, 0.1) is 5.41 Å². The van der Waals surface area contributed by atoms with E-state index < -0.39 is 0 Å². The van der Waals surface area contributed by atoms with Crippen LogP contribution in [-0.4, -0.2) is 61.7 Å². The number of hydrogen-bond acceptors (Lipinski definition) is 3. The summed E-state index contributed by atoms with van der Waals surface area (Å²) in [5.74, 6) is 0. The first-order chi connectivity index (χ1) is 9.61. The van der Waals surface area contributed by atoms with E-state index in [9.17, 15) is 0 Å². The Balaban J connectivity index is 1.70. The number of nitrogens with zero attached hydrogens (tertiary/aromatic N) is 2. The molecule has 0 spiro atoms. The molecule has 2 fully saturated rings. The normalized spacial score (nSPS) is 24.1. The van der Waals surface area contributed by atoms with Crippen molar-refractivity contribution in [1.82, 2.24) is 15.1 Å². The Kier molecular flexibility index (Phi) is 6.31. The fourth-order valence-electron chi connectivity index (χ4n) is 3.85. The fourth-order valence-corrected chi connectivity index (χ4v) is 3.85. The first-order valence-corrected chi connectivity index (χ1v) is 8.78. The molecule has 2 aliphatic heterocycles. The Morgan fingerprint density at radius 3 is 2.25 bits per heavy atom. The summed E-state index contributed by atoms with van der Waals surface area (Å²) in [4.78, 5) is 5.46. The summed E-state index contributed by atoms with van der Waals surface area (Å²) in [5.41, 5.74) is 0.397. The van der Waals surface area contributed by atoms with Crippen molar-refractivity contribution in [2.24, 2.45) is 5.41 Å². The maximum absolute atomic E-state index is 3.50. The molecular formula is C17H35N3. The van der Waals surface area contributed by atoms with Crippen molar-refractivity contribution in [1.29, 1.82) is 0 Å². The standard InChI is InChI=1S/C17H35N3/c1-4-18-14-17(2,3)15-19-12-8-16(9-13-19)20-10-6-5-7-11-20/h16,18H,4-15H2,1-3H3. The van der Waals surface area contributed by atoms with Gasteiger partial charge in [0.15, 0.2) is 0 Å². The smallest absolute Gasteiger partial charge is 0.0120 e. The molecule has 3 heteroatoms. The van der Waals surface area contributed by atoms with Gasteiger partial charge in [-0.25, -0.2) is 0 Å². The van der Waals surface area contributed by atoms with Crippen LogP contribution in [0.2, 0.25) is 0 Å². The van der Waals surface area contributed by atoms with Crippen LogP contribution in [0.5, 0.6) is 0 Å². The second kappa shape index (κ2) is 7.77. The van der Waals surface area contributed by atoms with Gasteiger partial charge in [0.25, 0.3) is 0 Å². The largest absolute Gasteiger partial charge is 0.316 e. The molecule has 0 saturated carbocycles. The van der Waals surface area contributed by atoms with Crippen molar-refractivity contribution in [3.05, 3.63) is 0 Å². The molecule has 2 aliphatic rings. The molecule has 118 valence electrons. The van der Waals surface area contributed by atoms with Crippen LogP contribution in [0.3, 0.4) is 0 Å². The van der Waals surface area contributed by atoms with E-state index in [-0.39, 0.29) is 0 Å². The summed E-state index contributed by atoms with van der Waals surface area (Å²) < 4.78 is 0. The highest BCUT2D eigenvalue weighted by atomic mass is 15.2. The van der Waals surface area contributed by atoms with Gasteiger partial charge in [0, 0.05) is 19.1 Å². The molecule has 0 amide bonds. The Bertz CT molecular complexity index is 263. The lowest BCUT2D eigenvalue weighted by Crippen LogP contribution is -2.49. The summed E-state index contributed by atoms with van der Waals surface area (Å²) in [7, 11) is 0. The van der Waals surface area contributed by atoms with Crippen molar-refractivity contribution in [2.45, 2.75) is 58.9 Å². The molecule has 0 unspecified atom stereocenters. The highest BCUT2D eigenvalue weighted by Gasteiger charge is 2.28. The van der Waals surface area contributed by atoms with Crippen molar-refractivity contribution in [3.63, 3.8) is 0 Å². The fraction of sp³-hybridized carbons (Fsp3) is 1.00. The maximum atomic E-state index is 3.50. The van der Waals surface area contributed by atoms with Crippen molar-refractivity contribution < 1.29 is 0 Å². The van der Waals surface area contributed by atoms with Crippen LogP contribution in [0.25, 0.3) is 0 Å². The third-order valence-corrected chi connectivity index (χ3v) is 4.97. The van der Waals surface area contributed by atoms with Gasteiger partial charge in [-0.1, -0.05) is 27.2 Å². The van der Waals surface area contributed by atoms with Gasteiger partial charge in [-0.3, -0.25) is 0 Å². The van der Waals surface area contributed by atoms with Gasteiger partial charge in [-0.15, -0.1) is 0 Å². The minimum atomic E-state index is 0.397. The van der Waals surface area contributed by atoms with E-state index in [4.69, 9.17) is 0 Å². The summed E-state index contributed by atoms with van der Waals surface area (Å²) in [5, 5.41) is 3.50. The molecule has 0 aliphatic carbocycles. The van der Waals surface area contributed by atoms with Gasteiger partial charge < -0.3 is 15.1 Å². The Labute approximate surface area is 126 Å². The first-order valence-electron chi connectivity index (χ1n) is 8.78. The monoisotopic (exact) mass is 281 g/mol. The quantitative estimate of drug-likeness (QED) is 0.807. The highest BCUT2D eigenvalue weighted by Crippen LogP contribution is 2.23. The van der Waals surface area contributed by atoms with E-state index in [0.29, 0.717) is 5.41 Å². The molecule has 0 radical (unpaired) electrons. The van der Waals surface area contributed by atoms with Crippen LogP contribution in [0.15, 0.2) is 0 Å². The zero-order chi connectivity index (χ0) is 14.4. The molecule has 0 aromatic carbocycles. The molecule has 2 saturated heterocycles.